The second-order valence-electron chi connectivity index (χ2n) is 7.94. The van der Waals surface area contributed by atoms with E-state index in [0.717, 1.165) is 35.2 Å². The molecule has 0 spiro atoms. The lowest BCUT2D eigenvalue weighted by molar-refractivity contribution is 0.239. The number of aromatic nitrogens is 1. The first-order valence-electron chi connectivity index (χ1n) is 11.2. The van der Waals surface area contributed by atoms with E-state index in [1.54, 1.807) is 6.20 Å². The lowest BCUT2D eigenvalue weighted by atomic mass is 10.1. The summed E-state index contributed by atoms with van der Waals surface area (Å²) in [5.74, 6) is 1.36. The minimum absolute atomic E-state index is 0.358. The standard InChI is InChI=1S/C25H28ClN5O2/c1-3-32-24-12-21-19(11-22(24)28-2)25(16(13-27)14-30-21)31-17-7-8-23(20(26)10-17)33-15-18-6-4-5-9-29-18/h7-8,10-12,14,18,28-29H,3-6,9,15H2,1-2H3,(H,30,31). The Morgan fingerprint density at radius 1 is 1.21 bits per heavy atom. The van der Waals surface area contributed by atoms with Crippen LogP contribution < -0.4 is 25.4 Å². The number of anilines is 3. The number of fused-ring (bicyclic) bond motifs is 1. The fourth-order valence-corrected chi connectivity index (χ4v) is 4.24. The molecule has 1 atom stereocenters. The maximum absolute atomic E-state index is 9.69. The van der Waals surface area contributed by atoms with Gasteiger partial charge in [0.2, 0.25) is 0 Å². The monoisotopic (exact) mass is 465 g/mol. The molecule has 33 heavy (non-hydrogen) atoms. The number of benzene rings is 2. The van der Waals surface area contributed by atoms with Crippen LogP contribution >= 0.6 is 11.6 Å². The molecule has 4 rings (SSSR count). The van der Waals surface area contributed by atoms with E-state index >= 15 is 0 Å². The molecule has 0 saturated carbocycles. The molecule has 1 saturated heterocycles. The molecule has 8 heteroatoms. The first-order valence-corrected chi connectivity index (χ1v) is 11.6. The second-order valence-corrected chi connectivity index (χ2v) is 8.34. The van der Waals surface area contributed by atoms with Crippen LogP contribution in [0.2, 0.25) is 5.02 Å². The highest BCUT2D eigenvalue weighted by Gasteiger charge is 2.16. The van der Waals surface area contributed by atoms with Crippen molar-refractivity contribution in [2.45, 2.75) is 32.2 Å². The maximum Gasteiger partial charge on any atom is 0.144 e. The Bertz CT molecular complexity index is 1170. The Balaban J connectivity index is 1.61. The van der Waals surface area contributed by atoms with Crippen LogP contribution in [0.15, 0.2) is 36.5 Å². The number of halogens is 1. The summed E-state index contributed by atoms with van der Waals surface area (Å²) in [6.07, 6.45) is 5.12. The number of hydrogen-bond donors (Lipinski definition) is 3. The van der Waals surface area contributed by atoms with Gasteiger partial charge < -0.3 is 25.4 Å². The first kappa shape index (κ1) is 23.0. The lowest BCUT2D eigenvalue weighted by Crippen LogP contribution is -2.38. The molecule has 1 aliphatic rings. The SMILES string of the molecule is CCOc1cc2ncc(C#N)c(Nc3ccc(OCC4CCCCN4)c(Cl)c3)c2cc1NC. The van der Waals surface area contributed by atoms with E-state index in [1.807, 2.05) is 44.3 Å². The lowest BCUT2D eigenvalue weighted by Gasteiger charge is -2.23. The summed E-state index contributed by atoms with van der Waals surface area (Å²) in [7, 11) is 1.83. The second kappa shape index (κ2) is 10.6. The van der Waals surface area contributed by atoms with Crippen molar-refractivity contribution in [1.82, 2.24) is 10.3 Å². The Morgan fingerprint density at radius 3 is 2.79 bits per heavy atom. The Labute approximate surface area is 199 Å². The maximum atomic E-state index is 9.69. The van der Waals surface area contributed by atoms with Crippen LogP contribution in [0.1, 0.15) is 31.7 Å². The highest BCUT2D eigenvalue weighted by molar-refractivity contribution is 6.32. The topological polar surface area (TPSA) is 91.2 Å². The van der Waals surface area contributed by atoms with Crippen LogP contribution in [0.3, 0.4) is 0 Å². The average molecular weight is 466 g/mol. The molecule has 1 unspecified atom stereocenters. The van der Waals surface area contributed by atoms with Gasteiger partial charge in [0.25, 0.3) is 0 Å². The van der Waals surface area contributed by atoms with E-state index in [9.17, 15) is 5.26 Å². The Morgan fingerprint density at radius 2 is 2.09 bits per heavy atom. The average Bonchev–Trinajstić information content (AvgIpc) is 2.84. The predicted molar refractivity (Wildman–Crippen MR) is 133 cm³/mol. The minimum Gasteiger partial charge on any atom is -0.492 e. The number of nitriles is 1. The van der Waals surface area contributed by atoms with Gasteiger partial charge in [-0.05, 0) is 50.6 Å². The Hall–Kier alpha value is -3.21. The van der Waals surface area contributed by atoms with Crippen molar-refractivity contribution >= 4 is 39.6 Å². The highest BCUT2D eigenvalue weighted by atomic mass is 35.5. The summed E-state index contributed by atoms with van der Waals surface area (Å²) in [6.45, 7) is 4.11. The molecule has 172 valence electrons. The van der Waals surface area contributed by atoms with Crippen molar-refractivity contribution in [3.8, 4) is 17.6 Å². The van der Waals surface area contributed by atoms with Crippen molar-refractivity contribution in [3.05, 3.63) is 47.1 Å². The molecule has 0 bridgehead atoms. The van der Waals surface area contributed by atoms with E-state index in [4.69, 9.17) is 21.1 Å². The summed E-state index contributed by atoms with van der Waals surface area (Å²) in [6, 6.07) is 12.0. The normalized spacial score (nSPS) is 15.6. The largest absolute Gasteiger partial charge is 0.492 e. The number of nitrogens with one attached hydrogen (secondary N) is 3. The predicted octanol–water partition coefficient (Wildman–Crippen LogP) is 5.46. The van der Waals surface area contributed by atoms with E-state index in [-0.39, 0.29) is 0 Å². The molecule has 2 heterocycles. The van der Waals surface area contributed by atoms with Crippen molar-refractivity contribution in [2.75, 3.05) is 37.4 Å². The molecule has 0 radical (unpaired) electrons. The first-order chi connectivity index (χ1) is 16.1. The van der Waals surface area contributed by atoms with Crippen LogP contribution in [0.4, 0.5) is 17.1 Å². The number of piperidine rings is 1. The number of rotatable bonds is 8. The third-order valence-electron chi connectivity index (χ3n) is 5.71. The van der Waals surface area contributed by atoms with Gasteiger partial charge in [0.1, 0.15) is 24.2 Å². The molecule has 3 aromatic rings. The zero-order valence-corrected chi connectivity index (χ0v) is 19.6. The molecule has 2 aromatic carbocycles. The summed E-state index contributed by atoms with van der Waals surface area (Å²) < 4.78 is 11.7. The van der Waals surface area contributed by atoms with Gasteiger partial charge in [-0.25, -0.2) is 0 Å². The van der Waals surface area contributed by atoms with Crippen molar-refractivity contribution in [2.24, 2.45) is 0 Å². The van der Waals surface area contributed by atoms with Crippen LogP contribution in [0.5, 0.6) is 11.5 Å². The Kier molecular flexibility index (Phi) is 7.38. The third kappa shape index (κ3) is 5.24. The number of ether oxygens (including phenoxy) is 2. The van der Waals surface area contributed by atoms with Gasteiger partial charge in [-0.15, -0.1) is 0 Å². The van der Waals surface area contributed by atoms with Crippen LogP contribution in [0, 0.1) is 11.3 Å². The van der Waals surface area contributed by atoms with Gasteiger partial charge in [0, 0.05) is 36.4 Å². The molecular weight excluding hydrogens is 438 g/mol. The van der Waals surface area contributed by atoms with Gasteiger partial charge in [0.15, 0.2) is 0 Å². The van der Waals surface area contributed by atoms with Crippen molar-refractivity contribution in [1.29, 1.82) is 5.26 Å². The number of hydrogen-bond acceptors (Lipinski definition) is 7. The van der Waals surface area contributed by atoms with E-state index < -0.39 is 0 Å². The van der Waals surface area contributed by atoms with Crippen molar-refractivity contribution in [3.63, 3.8) is 0 Å². The molecule has 7 nitrogen and oxygen atoms in total. The minimum atomic E-state index is 0.358. The van der Waals surface area contributed by atoms with Gasteiger partial charge in [-0.3, -0.25) is 4.98 Å². The van der Waals surface area contributed by atoms with E-state index in [1.165, 1.54) is 12.8 Å². The fraction of sp³-hybridized carbons (Fsp3) is 0.360. The van der Waals surface area contributed by atoms with Gasteiger partial charge >= 0.3 is 0 Å². The highest BCUT2D eigenvalue weighted by Crippen LogP contribution is 2.37. The van der Waals surface area contributed by atoms with E-state index in [2.05, 4.69) is 27.0 Å². The molecule has 1 fully saturated rings. The molecule has 0 aliphatic carbocycles. The molecular formula is C25H28ClN5O2. The summed E-state index contributed by atoms with van der Waals surface area (Å²) in [5.41, 5.74) is 3.41. The molecule has 1 aliphatic heterocycles. The van der Waals surface area contributed by atoms with Gasteiger partial charge in [-0.2, -0.15) is 5.26 Å². The fourth-order valence-electron chi connectivity index (χ4n) is 4.01. The number of nitrogens with zero attached hydrogens (tertiary/aromatic N) is 2. The molecule has 0 amide bonds. The van der Waals surface area contributed by atoms with Crippen LogP contribution in [-0.2, 0) is 0 Å². The van der Waals surface area contributed by atoms with Gasteiger partial charge in [0.05, 0.1) is 34.1 Å². The van der Waals surface area contributed by atoms with Crippen LogP contribution in [0.25, 0.3) is 10.9 Å². The zero-order valence-electron chi connectivity index (χ0n) is 18.9. The van der Waals surface area contributed by atoms with E-state index in [0.29, 0.717) is 47.0 Å². The van der Waals surface area contributed by atoms with Gasteiger partial charge in [-0.1, -0.05) is 18.0 Å². The van der Waals surface area contributed by atoms with Crippen molar-refractivity contribution < 1.29 is 9.47 Å². The quantitative estimate of drug-likeness (QED) is 0.406. The van der Waals surface area contributed by atoms with Crippen LogP contribution in [-0.4, -0.2) is 37.8 Å². The molecule has 1 aromatic heterocycles. The summed E-state index contributed by atoms with van der Waals surface area (Å²) in [4.78, 5) is 4.45. The summed E-state index contributed by atoms with van der Waals surface area (Å²) >= 11 is 6.52. The summed E-state index contributed by atoms with van der Waals surface area (Å²) in [5, 5.41) is 21.0. The number of pyridine rings is 1. The smallest absolute Gasteiger partial charge is 0.144 e. The third-order valence-corrected chi connectivity index (χ3v) is 6.01. The molecule has 3 N–H and O–H groups in total. The zero-order chi connectivity index (χ0) is 23.2.